The van der Waals surface area contributed by atoms with Gasteiger partial charge in [0.2, 0.25) is 0 Å². The summed E-state index contributed by atoms with van der Waals surface area (Å²) >= 11 is 0. The Balaban J connectivity index is 2.16. The van der Waals surface area contributed by atoms with Crippen LogP contribution in [0.4, 0.5) is 0 Å². The first-order valence-corrected chi connectivity index (χ1v) is 10.1. The molecular weight excluding hydrogens is 400 g/mol. The summed E-state index contributed by atoms with van der Waals surface area (Å²) in [5.74, 6) is -0.834. The van der Waals surface area contributed by atoms with Crippen LogP contribution in [0.2, 0.25) is 0 Å². The summed E-state index contributed by atoms with van der Waals surface area (Å²) < 4.78 is 16.3. The van der Waals surface area contributed by atoms with E-state index in [0.717, 1.165) is 0 Å². The molecule has 1 saturated heterocycles. The predicted octanol–water partition coefficient (Wildman–Crippen LogP) is 2.95. The summed E-state index contributed by atoms with van der Waals surface area (Å²) in [6.07, 6.45) is 3.18. The number of hydrogen-bond donors (Lipinski definition) is 1. The number of carbonyl (C=O) groups excluding carboxylic acids is 2. The van der Waals surface area contributed by atoms with Crippen molar-refractivity contribution in [3.05, 3.63) is 59.4 Å². The number of Topliss-reactive ketones (excluding diaryl/α,β-unsaturated/α-hetero) is 1. The van der Waals surface area contributed by atoms with E-state index < -0.39 is 17.7 Å². The maximum atomic E-state index is 13.0. The highest BCUT2D eigenvalue weighted by molar-refractivity contribution is 6.46. The molecule has 0 aliphatic carbocycles. The molecule has 3 rings (SSSR count). The molecule has 1 unspecified atom stereocenters. The van der Waals surface area contributed by atoms with Crippen molar-refractivity contribution in [1.82, 2.24) is 9.88 Å². The first-order valence-electron chi connectivity index (χ1n) is 10.1. The van der Waals surface area contributed by atoms with Gasteiger partial charge in [-0.25, -0.2) is 0 Å². The van der Waals surface area contributed by atoms with Gasteiger partial charge >= 0.3 is 0 Å². The van der Waals surface area contributed by atoms with Gasteiger partial charge in [-0.1, -0.05) is 6.07 Å². The fraction of sp³-hybridized carbons (Fsp3) is 0.348. The lowest BCUT2D eigenvalue weighted by atomic mass is 9.96. The monoisotopic (exact) mass is 426 g/mol. The summed E-state index contributed by atoms with van der Waals surface area (Å²) in [6, 6.07) is 7.65. The van der Waals surface area contributed by atoms with Gasteiger partial charge in [-0.3, -0.25) is 14.6 Å². The second kappa shape index (κ2) is 10.1. The zero-order valence-electron chi connectivity index (χ0n) is 17.8. The number of aliphatic hydroxyl groups is 1. The van der Waals surface area contributed by atoms with Crippen LogP contribution in [0, 0.1) is 0 Å². The number of nitrogens with zero attached hydrogens (tertiary/aromatic N) is 2. The molecule has 1 atom stereocenters. The van der Waals surface area contributed by atoms with Gasteiger partial charge in [-0.15, -0.1) is 0 Å². The van der Waals surface area contributed by atoms with E-state index in [1.807, 2.05) is 13.8 Å². The SMILES string of the molecule is CCOc1ccc(/C(O)=C2/C(=O)C(=O)N(CCOC)C2c2cccnc2)c(OCC)c1. The normalized spacial score (nSPS) is 17.8. The van der Waals surface area contributed by atoms with E-state index in [4.69, 9.17) is 14.2 Å². The van der Waals surface area contributed by atoms with Crippen molar-refractivity contribution in [2.45, 2.75) is 19.9 Å². The van der Waals surface area contributed by atoms with E-state index in [9.17, 15) is 14.7 Å². The maximum absolute atomic E-state index is 13.0. The van der Waals surface area contributed by atoms with Gasteiger partial charge in [0, 0.05) is 32.1 Å². The number of likely N-dealkylation sites (tertiary alicyclic amines) is 1. The van der Waals surface area contributed by atoms with E-state index in [1.165, 1.54) is 12.0 Å². The second-order valence-corrected chi connectivity index (χ2v) is 6.80. The fourth-order valence-electron chi connectivity index (χ4n) is 3.56. The van der Waals surface area contributed by atoms with Gasteiger partial charge in [-0.05, 0) is 37.6 Å². The average molecular weight is 426 g/mol. The Kier molecular flexibility index (Phi) is 7.25. The molecule has 1 aliphatic rings. The topological polar surface area (TPSA) is 98.2 Å². The molecule has 8 nitrogen and oxygen atoms in total. The zero-order valence-corrected chi connectivity index (χ0v) is 17.8. The summed E-state index contributed by atoms with van der Waals surface area (Å²) in [6.45, 7) is 4.95. The van der Waals surface area contributed by atoms with E-state index in [0.29, 0.717) is 35.8 Å². The number of aliphatic hydroxyl groups excluding tert-OH is 1. The van der Waals surface area contributed by atoms with Crippen molar-refractivity contribution < 1.29 is 28.9 Å². The van der Waals surface area contributed by atoms with Crippen LogP contribution < -0.4 is 9.47 Å². The molecule has 1 aliphatic heterocycles. The van der Waals surface area contributed by atoms with Gasteiger partial charge in [0.15, 0.2) is 0 Å². The first-order chi connectivity index (χ1) is 15.0. The Morgan fingerprint density at radius 3 is 2.58 bits per heavy atom. The summed E-state index contributed by atoms with van der Waals surface area (Å²) in [4.78, 5) is 31.3. The van der Waals surface area contributed by atoms with Crippen molar-refractivity contribution in [3.8, 4) is 11.5 Å². The molecule has 2 heterocycles. The first kappa shape index (κ1) is 22.3. The molecule has 0 saturated carbocycles. The molecule has 1 amide bonds. The number of aromatic nitrogens is 1. The largest absolute Gasteiger partial charge is 0.507 e. The molecule has 2 aromatic rings. The van der Waals surface area contributed by atoms with Crippen LogP contribution in [0.1, 0.15) is 31.0 Å². The number of methoxy groups -OCH3 is 1. The molecule has 164 valence electrons. The highest BCUT2D eigenvalue weighted by atomic mass is 16.5. The van der Waals surface area contributed by atoms with Crippen LogP contribution in [0.3, 0.4) is 0 Å². The van der Waals surface area contributed by atoms with Crippen molar-refractivity contribution >= 4 is 17.4 Å². The number of amides is 1. The summed E-state index contributed by atoms with van der Waals surface area (Å²) in [5.41, 5.74) is 0.909. The number of rotatable bonds is 9. The van der Waals surface area contributed by atoms with E-state index in [-0.39, 0.29) is 24.5 Å². The van der Waals surface area contributed by atoms with Crippen LogP contribution >= 0.6 is 0 Å². The molecule has 0 radical (unpaired) electrons. The third kappa shape index (κ3) is 4.54. The Morgan fingerprint density at radius 1 is 1.16 bits per heavy atom. The smallest absolute Gasteiger partial charge is 0.295 e. The minimum atomic E-state index is -0.787. The van der Waals surface area contributed by atoms with Crippen molar-refractivity contribution in [2.24, 2.45) is 0 Å². The number of ketones is 1. The number of hydrogen-bond acceptors (Lipinski definition) is 7. The third-order valence-corrected chi connectivity index (χ3v) is 4.90. The Bertz CT molecular complexity index is 973. The van der Waals surface area contributed by atoms with E-state index in [1.54, 1.807) is 42.7 Å². The lowest BCUT2D eigenvalue weighted by Gasteiger charge is -2.24. The second-order valence-electron chi connectivity index (χ2n) is 6.80. The van der Waals surface area contributed by atoms with Crippen molar-refractivity contribution in [1.29, 1.82) is 0 Å². The Labute approximate surface area is 181 Å². The van der Waals surface area contributed by atoms with Crippen LogP contribution in [0.25, 0.3) is 5.76 Å². The Morgan fingerprint density at radius 2 is 1.94 bits per heavy atom. The summed E-state index contributed by atoms with van der Waals surface area (Å²) in [5, 5.41) is 11.2. The third-order valence-electron chi connectivity index (χ3n) is 4.90. The van der Waals surface area contributed by atoms with Crippen molar-refractivity contribution in [3.63, 3.8) is 0 Å². The maximum Gasteiger partial charge on any atom is 0.295 e. The molecular formula is C23H26N2O6. The number of pyridine rings is 1. The minimum absolute atomic E-state index is 0.0146. The van der Waals surface area contributed by atoms with Crippen LogP contribution in [-0.4, -0.2) is 60.2 Å². The highest BCUT2D eigenvalue weighted by Gasteiger charge is 2.46. The predicted molar refractivity (Wildman–Crippen MR) is 114 cm³/mol. The Hall–Kier alpha value is -3.39. The molecule has 31 heavy (non-hydrogen) atoms. The molecule has 1 aromatic carbocycles. The van der Waals surface area contributed by atoms with Crippen LogP contribution in [0.5, 0.6) is 11.5 Å². The number of benzene rings is 1. The van der Waals surface area contributed by atoms with Gasteiger partial charge in [-0.2, -0.15) is 0 Å². The van der Waals surface area contributed by atoms with Gasteiger partial charge in [0.1, 0.15) is 17.3 Å². The molecule has 8 heteroatoms. The highest BCUT2D eigenvalue weighted by Crippen LogP contribution is 2.41. The molecule has 1 N–H and O–H groups in total. The summed E-state index contributed by atoms with van der Waals surface area (Å²) in [7, 11) is 1.52. The van der Waals surface area contributed by atoms with E-state index >= 15 is 0 Å². The molecule has 1 aromatic heterocycles. The lowest BCUT2D eigenvalue weighted by Crippen LogP contribution is -2.32. The van der Waals surface area contributed by atoms with E-state index in [2.05, 4.69) is 4.98 Å². The number of carbonyl (C=O) groups is 2. The lowest BCUT2D eigenvalue weighted by molar-refractivity contribution is -0.140. The standard InChI is InChI=1S/C23H26N2O6/c1-4-30-16-8-9-17(18(13-16)31-5-2)21(26)19-20(15-7-6-10-24-14-15)25(11-12-29-3)23(28)22(19)27/h6-10,13-14,20,26H,4-5,11-12H2,1-3H3/b21-19-. The van der Waals surface area contributed by atoms with Crippen LogP contribution in [-0.2, 0) is 14.3 Å². The van der Waals surface area contributed by atoms with Gasteiger partial charge in [0.25, 0.3) is 11.7 Å². The van der Waals surface area contributed by atoms with Crippen molar-refractivity contribution in [2.75, 3.05) is 33.5 Å². The van der Waals surface area contributed by atoms with Gasteiger partial charge < -0.3 is 24.2 Å². The number of ether oxygens (including phenoxy) is 3. The quantitative estimate of drug-likeness (QED) is 0.374. The average Bonchev–Trinajstić information content (AvgIpc) is 3.03. The molecule has 0 spiro atoms. The van der Waals surface area contributed by atoms with Crippen LogP contribution in [0.15, 0.2) is 48.3 Å². The zero-order chi connectivity index (χ0) is 22.4. The van der Waals surface area contributed by atoms with Gasteiger partial charge in [0.05, 0.1) is 37.0 Å². The fourth-order valence-corrected chi connectivity index (χ4v) is 3.56. The molecule has 1 fully saturated rings. The minimum Gasteiger partial charge on any atom is -0.507 e. The molecule has 0 bridgehead atoms.